The first-order valence-corrected chi connectivity index (χ1v) is 17.7. The Morgan fingerprint density at radius 2 is 1.65 bits per heavy atom. The quantitative estimate of drug-likeness (QED) is 0.180. The number of aryl methyl sites for hydroxylation is 1. The molecule has 6 nitrogen and oxygen atoms in total. The summed E-state index contributed by atoms with van der Waals surface area (Å²) in [6, 6.07) is 19.3. The predicted molar refractivity (Wildman–Crippen MR) is 165 cm³/mol. The molecule has 40 heavy (non-hydrogen) atoms. The third-order valence-electron chi connectivity index (χ3n) is 7.93. The zero-order valence-electron chi connectivity index (χ0n) is 25.8. The lowest BCUT2D eigenvalue weighted by Gasteiger charge is -2.39. The van der Waals surface area contributed by atoms with Crippen LogP contribution in [0, 0.1) is 0 Å². The molecule has 0 radical (unpaired) electrons. The fourth-order valence-electron chi connectivity index (χ4n) is 5.54. The molecule has 1 unspecified atom stereocenters. The number of hydrogen-bond acceptors (Lipinski definition) is 5. The molecular weight excluding hydrogens is 518 g/mol. The molecule has 1 amide bonds. The molecule has 0 saturated heterocycles. The Labute approximate surface area is 243 Å². The minimum absolute atomic E-state index is 0.00301. The Morgan fingerprint density at radius 3 is 2.27 bits per heavy atom. The van der Waals surface area contributed by atoms with Crippen molar-refractivity contribution < 1.29 is 23.4 Å². The number of benzene rings is 2. The fourth-order valence-corrected chi connectivity index (χ4v) is 8.39. The van der Waals surface area contributed by atoms with Crippen molar-refractivity contribution >= 4 is 14.4 Å². The molecule has 1 aliphatic carbocycles. The molecule has 0 heterocycles. The van der Waals surface area contributed by atoms with Gasteiger partial charge in [-0.25, -0.2) is 4.79 Å². The molecule has 0 N–H and O–H groups in total. The summed E-state index contributed by atoms with van der Waals surface area (Å²) in [6.45, 7) is 15.9. The van der Waals surface area contributed by atoms with Crippen molar-refractivity contribution in [2.45, 2.75) is 110 Å². The van der Waals surface area contributed by atoms with Crippen LogP contribution in [0.4, 0.5) is 4.79 Å². The molecule has 2 aromatic rings. The van der Waals surface area contributed by atoms with Crippen molar-refractivity contribution in [3.05, 3.63) is 59.7 Å². The van der Waals surface area contributed by atoms with Crippen LogP contribution in [-0.2, 0) is 22.0 Å². The van der Waals surface area contributed by atoms with Gasteiger partial charge in [0.1, 0.15) is 23.7 Å². The number of fused-ring (bicyclic) bond motifs is 1. The van der Waals surface area contributed by atoms with Gasteiger partial charge in [-0.3, -0.25) is 0 Å². The van der Waals surface area contributed by atoms with Crippen LogP contribution < -0.4 is 9.47 Å². The highest BCUT2D eigenvalue weighted by molar-refractivity contribution is 6.73. The Kier molecular flexibility index (Phi) is 11.9. The van der Waals surface area contributed by atoms with Gasteiger partial charge in [-0.15, -0.1) is 0 Å². The van der Waals surface area contributed by atoms with Crippen molar-refractivity contribution in [2.24, 2.45) is 0 Å². The summed E-state index contributed by atoms with van der Waals surface area (Å²) in [5.41, 5.74) is 2.00. The van der Waals surface area contributed by atoms with Gasteiger partial charge in [0, 0.05) is 6.04 Å². The van der Waals surface area contributed by atoms with Gasteiger partial charge in [0.15, 0.2) is 8.32 Å². The molecule has 0 aliphatic heterocycles. The summed E-state index contributed by atoms with van der Waals surface area (Å²) in [4.78, 5) is 15.8. The lowest BCUT2D eigenvalue weighted by Crippen LogP contribution is -2.52. The van der Waals surface area contributed by atoms with Gasteiger partial charge >= 0.3 is 6.09 Å². The summed E-state index contributed by atoms with van der Waals surface area (Å²) < 4.78 is 25.1. The van der Waals surface area contributed by atoms with E-state index in [0.717, 1.165) is 55.3 Å². The molecule has 3 rings (SSSR count). The third-order valence-corrected chi connectivity index (χ3v) is 12.6. The van der Waals surface area contributed by atoms with Crippen molar-refractivity contribution in [3.63, 3.8) is 0 Å². The maximum absolute atomic E-state index is 13.8. The zero-order chi connectivity index (χ0) is 29.2. The first-order valence-electron chi connectivity index (χ1n) is 15.2. The Balaban J connectivity index is 1.93. The van der Waals surface area contributed by atoms with Crippen LogP contribution in [0.5, 0.6) is 11.5 Å². The van der Waals surface area contributed by atoms with E-state index in [4.69, 9.17) is 18.6 Å². The minimum Gasteiger partial charge on any atom is -0.494 e. The molecule has 0 aromatic heterocycles. The van der Waals surface area contributed by atoms with E-state index in [9.17, 15) is 4.79 Å². The van der Waals surface area contributed by atoms with Crippen molar-refractivity contribution in [3.8, 4) is 11.5 Å². The second-order valence-corrected chi connectivity index (χ2v) is 16.6. The average Bonchev–Trinajstić information content (AvgIpc) is 3.14. The van der Waals surface area contributed by atoms with E-state index in [0.29, 0.717) is 19.8 Å². The lowest BCUT2D eigenvalue weighted by molar-refractivity contribution is -0.000470. The smallest absolute Gasteiger partial charge is 0.410 e. The first kappa shape index (κ1) is 32.0. The van der Waals surface area contributed by atoms with Crippen molar-refractivity contribution in [2.75, 3.05) is 19.8 Å². The van der Waals surface area contributed by atoms with Crippen LogP contribution in [0.2, 0.25) is 18.1 Å². The van der Waals surface area contributed by atoms with Gasteiger partial charge in [-0.2, -0.15) is 0 Å². The summed E-state index contributed by atoms with van der Waals surface area (Å²) in [6.07, 6.45) is 3.13. The monoisotopic (exact) mass is 569 g/mol. The highest BCUT2D eigenvalue weighted by Gasteiger charge is 2.37. The first-order chi connectivity index (χ1) is 19.1. The Bertz CT molecular complexity index is 1040. The SMILES string of the molecule is CCOc1ccc2c(c1)CC(N(C[C@@H](COc1ccccc1)O[Si](CC)(CC)CC)C(=O)OC(C)(C)C)CCC2. The van der Waals surface area contributed by atoms with Crippen LogP contribution in [0.25, 0.3) is 0 Å². The second-order valence-electron chi connectivity index (χ2n) is 11.9. The standard InChI is InChI=1S/C33H51NO5Si/c1-8-36-30-21-20-26-16-15-17-28(22-27(26)23-30)34(32(35)38-33(5,6)7)24-31(39-40(9-2,10-3)11-4)25-37-29-18-13-12-14-19-29/h12-14,18-21,23,28,31H,8-11,15-17,22,24-25H2,1-7H3/t28?,31-/m0/s1. The number of para-hydroxylation sites is 1. The molecule has 2 aromatic carbocycles. The largest absolute Gasteiger partial charge is 0.494 e. The van der Waals surface area contributed by atoms with Gasteiger partial charge in [0.05, 0.1) is 19.3 Å². The Hall–Kier alpha value is -2.51. The number of carbonyl (C=O) groups excluding carboxylic acids is 1. The van der Waals surface area contributed by atoms with E-state index < -0.39 is 13.9 Å². The van der Waals surface area contributed by atoms with Gasteiger partial charge in [0.2, 0.25) is 0 Å². The number of ether oxygens (including phenoxy) is 3. The molecule has 2 atom stereocenters. The fraction of sp³-hybridized carbons (Fsp3) is 0.606. The molecule has 0 saturated carbocycles. The van der Waals surface area contributed by atoms with Gasteiger partial charge < -0.3 is 23.5 Å². The second kappa shape index (κ2) is 14.9. The van der Waals surface area contributed by atoms with E-state index in [1.54, 1.807) is 0 Å². The van der Waals surface area contributed by atoms with Crippen LogP contribution in [0.1, 0.15) is 72.4 Å². The average molecular weight is 570 g/mol. The Morgan fingerprint density at radius 1 is 0.950 bits per heavy atom. The topological polar surface area (TPSA) is 57.2 Å². The summed E-state index contributed by atoms with van der Waals surface area (Å²) in [7, 11) is -1.98. The van der Waals surface area contributed by atoms with Gasteiger partial charge in [-0.1, -0.05) is 45.0 Å². The summed E-state index contributed by atoms with van der Waals surface area (Å²) >= 11 is 0. The highest BCUT2D eigenvalue weighted by Crippen LogP contribution is 2.30. The van der Waals surface area contributed by atoms with Gasteiger partial charge in [-0.05, 0) is 107 Å². The van der Waals surface area contributed by atoms with Crippen molar-refractivity contribution in [1.29, 1.82) is 0 Å². The van der Waals surface area contributed by atoms with E-state index in [2.05, 4.69) is 39.0 Å². The van der Waals surface area contributed by atoms with E-state index in [-0.39, 0.29) is 18.2 Å². The zero-order valence-corrected chi connectivity index (χ0v) is 26.8. The van der Waals surface area contributed by atoms with E-state index in [1.807, 2.05) is 62.9 Å². The minimum atomic E-state index is -1.98. The molecule has 0 bridgehead atoms. The van der Waals surface area contributed by atoms with Crippen LogP contribution in [0.3, 0.4) is 0 Å². The normalized spacial score (nSPS) is 16.4. The van der Waals surface area contributed by atoms with Crippen LogP contribution >= 0.6 is 0 Å². The third kappa shape index (κ3) is 9.27. The number of carbonyl (C=O) groups is 1. The van der Waals surface area contributed by atoms with Gasteiger partial charge in [0.25, 0.3) is 0 Å². The summed E-state index contributed by atoms with van der Waals surface area (Å²) in [5, 5.41) is 0. The molecular formula is C33H51NO5Si. The molecule has 1 aliphatic rings. The maximum atomic E-state index is 13.8. The maximum Gasteiger partial charge on any atom is 0.410 e. The predicted octanol–water partition coefficient (Wildman–Crippen LogP) is 8.04. The number of rotatable bonds is 13. The summed E-state index contributed by atoms with van der Waals surface area (Å²) in [5.74, 6) is 1.69. The molecule has 0 spiro atoms. The number of amides is 1. The molecule has 0 fully saturated rings. The molecule has 222 valence electrons. The lowest BCUT2D eigenvalue weighted by atomic mass is 10.0. The van der Waals surface area contributed by atoms with E-state index in [1.165, 1.54) is 11.1 Å². The van der Waals surface area contributed by atoms with E-state index >= 15 is 0 Å². The van der Waals surface area contributed by atoms with Crippen molar-refractivity contribution in [1.82, 2.24) is 4.90 Å². The highest BCUT2D eigenvalue weighted by atomic mass is 28.4. The van der Waals surface area contributed by atoms with Crippen LogP contribution in [0.15, 0.2) is 48.5 Å². The number of hydrogen-bond donors (Lipinski definition) is 0. The molecule has 7 heteroatoms. The van der Waals surface area contributed by atoms with Crippen LogP contribution in [-0.4, -0.2) is 56.8 Å². The number of nitrogens with zero attached hydrogens (tertiary/aromatic N) is 1.